The van der Waals surface area contributed by atoms with Crippen LogP contribution in [0.5, 0.6) is 11.5 Å². The van der Waals surface area contributed by atoms with Crippen molar-refractivity contribution in [2.75, 3.05) is 19.0 Å². The van der Waals surface area contributed by atoms with E-state index in [1.807, 2.05) is 54.8 Å². The fraction of sp³-hybridized carbons (Fsp3) is 0.158. The van der Waals surface area contributed by atoms with Gasteiger partial charge in [0.05, 0.1) is 12.8 Å². The number of hydrogen-bond donors (Lipinski definition) is 1. The molecular weight excluding hydrogens is 336 g/mol. The third-order valence-electron chi connectivity index (χ3n) is 3.50. The van der Waals surface area contributed by atoms with E-state index in [0.717, 1.165) is 16.8 Å². The maximum atomic E-state index is 12.1. The van der Waals surface area contributed by atoms with Crippen molar-refractivity contribution in [1.82, 2.24) is 4.98 Å². The van der Waals surface area contributed by atoms with Gasteiger partial charge < -0.3 is 9.47 Å². The van der Waals surface area contributed by atoms with Gasteiger partial charge in [-0.3, -0.25) is 10.1 Å². The molecule has 3 aromatic rings. The zero-order chi connectivity index (χ0) is 17.6. The number of methoxy groups -OCH3 is 1. The molecule has 0 spiro atoms. The van der Waals surface area contributed by atoms with Gasteiger partial charge in [-0.15, -0.1) is 11.3 Å². The number of anilines is 1. The molecule has 25 heavy (non-hydrogen) atoms. The van der Waals surface area contributed by atoms with E-state index in [4.69, 9.17) is 9.47 Å². The molecule has 2 aromatic carbocycles. The Morgan fingerprint density at radius 2 is 1.96 bits per heavy atom. The SMILES string of the molecule is COc1cc(C)ccc1OCC(=O)Nc1nc(-c2ccccc2)cs1. The van der Waals surface area contributed by atoms with Gasteiger partial charge in [-0.05, 0) is 24.6 Å². The first-order valence-corrected chi connectivity index (χ1v) is 8.62. The molecule has 1 amide bonds. The predicted molar refractivity (Wildman–Crippen MR) is 99.4 cm³/mol. The number of aryl methyl sites for hydroxylation is 1. The molecule has 128 valence electrons. The molecule has 3 rings (SSSR count). The van der Waals surface area contributed by atoms with Crippen molar-refractivity contribution in [3.63, 3.8) is 0 Å². The van der Waals surface area contributed by atoms with Crippen molar-refractivity contribution in [3.8, 4) is 22.8 Å². The van der Waals surface area contributed by atoms with E-state index >= 15 is 0 Å². The van der Waals surface area contributed by atoms with Crippen LogP contribution in [0.1, 0.15) is 5.56 Å². The Morgan fingerprint density at radius 3 is 2.72 bits per heavy atom. The average molecular weight is 354 g/mol. The van der Waals surface area contributed by atoms with E-state index in [9.17, 15) is 4.79 Å². The summed E-state index contributed by atoms with van der Waals surface area (Å²) >= 11 is 1.38. The minimum atomic E-state index is -0.267. The van der Waals surface area contributed by atoms with Crippen LogP contribution in [0.25, 0.3) is 11.3 Å². The number of hydrogen-bond acceptors (Lipinski definition) is 5. The van der Waals surface area contributed by atoms with E-state index in [1.54, 1.807) is 13.2 Å². The molecule has 5 nitrogen and oxygen atoms in total. The van der Waals surface area contributed by atoms with Gasteiger partial charge in [0.15, 0.2) is 23.2 Å². The summed E-state index contributed by atoms with van der Waals surface area (Å²) in [7, 11) is 1.57. The lowest BCUT2D eigenvalue weighted by molar-refractivity contribution is -0.118. The van der Waals surface area contributed by atoms with Gasteiger partial charge in [0.1, 0.15) is 0 Å². The molecule has 0 fully saturated rings. The maximum absolute atomic E-state index is 12.1. The highest BCUT2D eigenvalue weighted by atomic mass is 32.1. The second kappa shape index (κ2) is 7.81. The highest BCUT2D eigenvalue weighted by molar-refractivity contribution is 7.14. The standard InChI is InChI=1S/C19H18N2O3S/c1-13-8-9-16(17(10-13)23-2)24-11-18(22)21-19-20-15(12-25-19)14-6-4-3-5-7-14/h3-10,12H,11H2,1-2H3,(H,20,21,22). The Balaban J connectivity index is 1.59. The van der Waals surface area contributed by atoms with Crippen LogP contribution in [0.4, 0.5) is 5.13 Å². The monoisotopic (exact) mass is 354 g/mol. The summed E-state index contributed by atoms with van der Waals surface area (Å²) in [5, 5.41) is 5.21. The Hall–Kier alpha value is -2.86. The van der Waals surface area contributed by atoms with Crippen molar-refractivity contribution in [1.29, 1.82) is 0 Å². The number of nitrogens with zero attached hydrogens (tertiary/aromatic N) is 1. The first-order valence-electron chi connectivity index (χ1n) is 7.74. The summed E-state index contributed by atoms with van der Waals surface area (Å²) in [6, 6.07) is 15.4. The lowest BCUT2D eigenvalue weighted by Crippen LogP contribution is -2.20. The minimum Gasteiger partial charge on any atom is -0.493 e. The summed E-state index contributed by atoms with van der Waals surface area (Å²) in [5.74, 6) is 0.873. The Bertz CT molecular complexity index is 862. The molecule has 6 heteroatoms. The van der Waals surface area contributed by atoms with E-state index in [2.05, 4.69) is 10.3 Å². The van der Waals surface area contributed by atoms with E-state index in [-0.39, 0.29) is 12.5 Å². The number of nitrogens with one attached hydrogen (secondary N) is 1. The quantitative estimate of drug-likeness (QED) is 0.722. The summed E-state index contributed by atoms with van der Waals surface area (Å²) in [5.41, 5.74) is 2.91. The summed E-state index contributed by atoms with van der Waals surface area (Å²) in [6.45, 7) is 1.85. The van der Waals surface area contributed by atoms with Crippen molar-refractivity contribution < 1.29 is 14.3 Å². The number of thiazole rings is 1. The van der Waals surface area contributed by atoms with E-state index in [1.165, 1.54) is 11.3 Å². The first-order chi connectivity index (χ1) is 12.2. The van der Waals surface area contributed by atoms with Crippen molar-refractivity contribution >= 4 is 22.4 Å². The van der Waals surface area contributed by atoms with Gasteiger partial charge in [0, 0.05) is 10.9 Å². The molecule has 0 aliphatic heterocycles. The number of carbonyl (C=O) groups excluding carboxylic acids is 1. The Kier molecular flexibility index (Phi) is 5.30. The Labute approximate surface area is 150 Å². The number of rotatable bonds is 6. The number of benzene rings is 2. The van der Waals surface area contributed by atoms with Crippen LogP contribution in [0, 0.1) is 6.92 Å². The van der Waals surface area contributed by atoms with Crippen LogP contribution < -0.4 is 14.8 Å². The summed E-state index contributed by atoms with van der Waals surface area (Å²) in [6.07, 6.45) is 0. The zero-order valence-corrected chi connectivity index (χ0v) is 14.8. The summed E-state index contributed by atoms with van der Waals surface area (Å²) < 4.78 is 10.8. The predicted octanol–water partition coefficient (Wildman–Crippen LogP) is 4.14. The van der Waals surface area contributed by atoms with Crippen molar-refractivity contribution in [2.24, 2.45) is 0 Å². The van der Waals surface area contributed by atoms with Crippen LogP contribution in [0.2, 0.25) is 0 Å². The van der Waals surface area contributed by atoms with Crippen molar-refractivity contribution in [3.05, 3.63) is 59.5 Å². The molecule has 0 radical (unpaired) electrons. The van der Waals surface area contributed by atoms with Gasteiger partial charge in [-0.2, -0.15) is 0 Å². The molecule has 0 saturated heterocycles. The molecule has 1 aromatic heterocycles. The fourth-order valence-corrected chi connectivity index (χ4v) is 3.00. The van der Waals surface area contributed by atoms with Crippen LogP contribution in [0.3, 0.4) is 0 Å². The fourth-order valence-electron chi connectivity index (χ4n) is 2.27. The second-order valence-electron chi connectivity index (χ2n) is 5.40. The largest absolute Gasteiger partial charge is 0.493 e. The van der Waals surface area contributed by atoms with Gasteiger partial charge in [0.25, 0.3) is 5.91 Å². The van der Waals surface area contributed by atoms with Gasteiger partial charge in [0.2, 0.25) is 0 Å². The molecule has 1 heterocycles. The smallest absolute Gasteiger partial charge is 0.264 e. The molecule has 0 aliphatic rings. The molecule has 0 saturated carbocycles. The third kappa shape index (κ3) is 4.36. The van der Waals surface area contributed by atoms with E-state index in [0.29, 0.717) is 16.6 Å². The zero-order valence-electron chi connectivity index (χ0n) is 14.0. The molecule has 0 bridgehead atoms. The number of carbonyl (C=O) groups is 1. The Morgan fingerprint density at radius 1 is 1.16 bits per heavy atom. The number of amides is 1. The minimum absolute atomic E-state index is 0.111. The average Bonchev–Trinajstić information content (AvgIpc) is 3.09. The highest BCUT2D eigenvalue weighted by Gasteiger charge is 2.10. The lowest BCUT2D eigenvalue weighted by Gasteiger charge is -2.10. The molecule has 0 atom stereocenters. The van der Waals surface area contributed by atoms with Crippen LogP contribution >= 0.6 is 11.3 Å². The first kappa shape index (κ1) is 17.0. The summed E-state index contributed by atoms with van der Waals surface area (Å²) in [4.78, 5) is 16.5. The van der Waals surface area contributed by atoms with Crippen LogP contribution in [-0.4, -0.2) is 24.6 Å². The topological polar surface area (TPSA) is 60.5 Å². The molecular formula is C19H18N2O3S. The second-order valence-corrected chi connectivity index (χ2v) is 6.25. The van der Waals surface area contributed by atoms with Crippen molar-refractivity contribution in [2.45, 2.75) is 6.92 Å². The molecule has 1 N–H and O–H groups in total. The highest BCUT2D eigenvalue weighted by Crippen LogP contribution is 2.28. The van der Waals surface area contributed by atoms with Gasteiger partial charge in [-0.25, -0.2) is 4.98 Å². The number of ether oxygens (including phenoxy) is 2. The third-order valence-corrected chi connectivity index (χ3v) is 4.26. The van der Waals surface area contributed by atoms with Crippen LogP contribution in [0.15, 0.2) is 53.9 Å². The van der Waals surface area contributed by atoms with Crippen LogP contribution in [-0.2, 0) is 4.79 Å². The van der Waals surface area contributed by atoms with Gasteiger partial charge in [-0.1, -0.05) is 36.4 Å². The normalized spacial score (nSPS) is 10.3. The maximum Gasteiger partial charge on any atom is 0.264 e. The van der Waals surface area contributed by atoms with E-state index < -0.39 is 0 Å². The number of aromatic nitrogens is 1. The lowest BCUT2D eigenvalue weighted by atomic mass is 10.2. The van der Waals surface area contributed by atoms with Gasteiger partial charge >= 0.3 is 0 Å². The molecule has 0 aliphatic carbocycles. The molecule has 0 unspecified atom stereocenters.